The normalized spacial score (nSPS) is 23.5. The molecule has 1 unspecified atom stereocenters. The Morgan fingerprint density at radius 1 is 1.62 bits per heavy atom. The van der Waals surface area contributed by atoms with Crippen molar-refractivity contribution in [1.82, 2.24) is 9.29 Å². The van der Waals surface area contributed by atoms with Gasteiger partial charge in [-0.15, -0.1) is 11.3 Å². The molecule has 0 bridgehead atoms. The minimum absolute atomic E-state index is 0.194. The summed E-state index contributed by atoms with van der Waals surface area (Å²) in [6.45, 7) is 2.45. The largest absolute Gasteiger partial charge is 0.392 e. The van der Waals surface area contributed by atoms with E-state index >= 15 is 0 Å². The van der Waals surface area contributed by atoms with Crippen LogP contribution in [0.25, 0.3) is 0 Å². The molecule has 2 heterocycles. The number of rotatable bonds is 2. The highest BCUT2D eigenvalue weighted by Gasteiger charge is 2.30. The van der Waals surface area contributed by atoms with Gasteiger partial charge in [0, 0.05) is 13.1 Å². The standard InChI is InChI=1S/C9H14N2O3S2/c1-7-10-5-9(15-7)16(13,14)11-4-2-3-8(12)6-11/h5,8,12H,2-4,6H2,1H3. The van der Waals surface area contributed by atoms with Crippen molar-refractivity contribution in [3.63, 3.8) is 0 Å². The molecule has 0 saturated carbocycles. The molecule has 1 fully saturated rings. The number of nitrogens with zero attached hydrogens (tertiary/aromatic N) is 2. The zero-order valence-corrected chi connectivity index (χ0v) is 10.6. The first-order chi connectivity index (χ1) is 7.50. The number of aliphatic hydroxyl groups is 1. The molecule has 7 heteroatoms. The molecule has 0 spiro atoms. The topological polar surface area (TPSA) is 70.5 Å². The molecule has 1 atom stereocenters. The molecule has 90 valence electrons. The predicted molar refractivity (Wildman–Crippen MR) is 60.9 cm³/mol. The number of β-amino-alcohol motifs (C(OH)–C–C–N with tert-alkyl or cyclic N) is 1. The van der Waals surface area contributed by atoms with Crippen molar-refractivity contribution in [3.05, 3.63) is 11.2 Å². The van der Waals surface area contributed by atoms with Gasteiger partial charge in [0.15, 0.2) is 4.21 Å². The van der Waals surface area contributed by atoms with Crippen LogP contribution in [0.15, 0.2) is 10.4 Å². The van der Waals surface area contributed by atoms with Gasteiger partial charge in [-0.25, -0.2) is 13.4 Å². The lowest BCUT2D eigenvalue weighted by Crippen LogP contribution is -2.41. The lowest BCUT2D eigenvalue weighted by atomic mass is 10.1. The molecule has 1 saturated heterocycles. The molecule has 0 radical (unpaired) electrons. The van der Waals surface area contributed by atoms with E-state index in [0.29, 0.717) is 19.4 Å². The fourth-order valence-electron chi connectivity index (χ4n) is 1.73. The third-order valence-electron chi connectivity index (χ3n) is 2.55. The molecule has 0 amide bonds. The van der Waals surface area contributed by atoms with Crippen molar-refractivity contribution in [2.75, 3.05) is 13.1 Å². The Labute approximate surface area is 98.8 Å². The number of hydrogen-bond donors (Lipinski definition) is 1. The number of hydrogen-bond acceptors (Lipinski definition) is 5. The second-order valence-corrected chi connectivity index (χ2v) is 7.26. The molecule has 1 N–H and O–H groups in total. The first kappa shape index (κ1) is 12.0. The first-order valence-electron chi connectivity index (χ1n) is 5.11. The Bertz CT molecular complexity index is 469. The average Bonchev–Trinajstić information content (AvgIpc) is 2.65. The number of thiazole rings is 1. The van der Waals surface area contributed by atoms with Crippen molar-refractivity contribution in [2.24, 2.45) is 0 Å². The smallest absolute Gasteiger partial charge is 0.254 e. The SMILES string of the molecule is Cc1ncc(S(=O)(=O)N2CCCC(O)C2)s1. The van der Waals surface area contributed by atoms with Crippen LogP contribution in [0, 0.1) is 6.92 Å². The summed E-state index contributed by atoms with van der Waals surface area (Å²) in [7, 11) is -3.44. The quantitative estimate of drug-likeness (QED) is 0.847. The van der Waals surface area contributed by atoms with Crippen LogP contribution in [0.3, 0.4) is 0 Å². The molecule has 1 aromatic heterocycles. The molecule has 0 aromatic carbocycles. The monoisotopic (exact) mass is 262 g/mol. The molecular formula is C9H14N2O3S2. The van der Waals surface area contributed by atoms with E-state index in [1.165, 1.54) is 21.8 Å². The van der Waals surface area contributed by atoms with E-state index in [9.17, 15) is 13.5 Å². The summed E-state index contributed by atoms with van der Waals surface area (Å²) >= 11 is 1.17. The van der Waals surface area contributed by atoms with Gasteiger partial charge in [0.1, 0.15) is 0 Å². The number of piperidine rings is 1. The van der Waals surface area contributed by atoms with E-state index < -0.39 is 16.1 Å². The van der Waals surface area contributed by atoms with E-state index in [2.05, 4.69) is 4.98 Å². The van der Waals surface area contributed by atoms with Crippen molar-refractivity contribution < 1.29 is 13.5 Å². The van der Waals surface area contributed by atoms with Crippen molar-refractivity contribution in [2.45, 2.75) is 30.1 Å². The van der Waals surface area contributed by atoms with E-state index in [0.717, 1.165) is 5.01 Å². The summed E-state index contributed by atoms with van der Waals surface area (Å²) in [5.74, 6) is 0. The van der Waals surface area contributed by atoms with Crippen LogP contribution in [-0.2, 0) is 10.0 Å². The maximum absolute atomic E-state index is 12.1. The number of sulfonamides is 1. The van der Waals surface area contributed by atoms with Crippen molar-refractivity contribution >= 4 is 21.4 Å². The number of aryl methyl sites for hydroxylation is 1. The molecule has 0 aliphatic carbocycles. The van der Waals surface area contributed by atoms with Gasteiger partial charge in [-0.05, 0) is 19.8 Å². The van der Waals surface area contributed by atoms with Crippen LogP contribution in [-0.4, -0.2) is 42.0 Å². The maximum atomic E-state index is 12.1. The van der Waals surface area contributed by atoms with E-state index in [-0.39, 0.29) is 10.8 Å². The van der Waals surface area contributed by atoms with Gasteiger partial charge in [-0.2, -0.15) is 4.31 Å². The molecule has 1 aliphatic heterocycles. The molecular weight excluding hydrogens is 248 g/mol. The van der Waals surface area contributed by atoms with Gasteiger partial charge in [-0.1, -0.05) is 0 Å². The summed E-state index contributed by atoms with van der Waals surface area (Å²) < 4.78 is 25.9. The van der Waals surface area contributed by atoms with Crippen LogP contribution in [0.5, 0.6) is 0 Å². The molecule has 1 aromatic rings. The zero-order chi connectivity index (χ0) is 11.8. The Balaban J connectivity index is 2.25. The van der Waals surface area contributed by atoms with Crippen LogP contribution in [0.4, 0.5) is 0 Å². The molecule has 1 aliphatic rings. The van der Waals surface area contributed by atoms with Crippen molar-refractivity contribution in [1.29, 1.82) is 0 Å². The van der Waals surface area contributed by atoms with Crippen LogP contribution in [0.1, 0.15) is 17.8 Å². The summed E-state index contributed by atoms with van der Waals surface area (Å²) in [4.78, 5) is 3.95. The number of aliphatic hydroxyl groups excluding tert-OH is 1. The van der Waals surface area contributed by atoms with Gasteiger partial charge < -0.3 is 5.11 Å². The zero-order valence-electron chi connectivity index (χ0n) is 8.96. The molecule has 2 rings (SSSR count). The Hall–Kier alpha value is -0.500. The second kappa shape index (κ2) is 4.40. The van der Waals surface area contributed by atoms with E-state index in [1.54, 1.807) is 6.92 Å². The summed E-state index contributed by atoms with van der Waals surface area (Å²) in [5.41, 5.74) is 0. The minimum atomic E-state index is -3.44. The average molecular weight is 262 g/mol. The third kappa shape index (κ3) is 2.27. The van der Waals surface area contributed by atoms with Gasteiger partial charge in [0.2, 0.25) is 0 Å². The predicted octanol–water partition coefficient (Wildman–Crippen LogP) is 0.597. The fraction of sp³-hybridized carbons (Fsp3) is 0.667. The first-order valence-corrected chi connectivity index (χ1v) is 7.36. The van der Waals surface area contributed by atoms with Gasteiger partial charge in [0.25, 0.3) is 10.0 Å². The lowest BCUT2D eigenvalue weighted by Gasteiger charge is -2.28. The Morgan fingerprint density at radius 3 is 2.94 bits per heavy atom. The summed E-state index contributed by atoms with van der Waals surface area (Å²) in [6, 6.07) is 0. The summed E-state index contributed by atoms with van der Waals surface area (Å²) in [6.07, 6.45) is 2.22. The maximum Gasteiger partial charge on any atom is 0.254 e. The highest BCUT2D eigenvalue weighted by molar-refractivity contribution is 7.91. The van der Waals surface area contributed by atoms with Crippen LogP contribution >= 0.6 is 11.3 Å². The Morgan fingerprint density at radius 2 is 2.38 bits per heavy atom. The van der Waals surface area contributed by atoms with E-state index in [4.69, 9.17) is 0 Å². The lowest BCUT2D eigenvalue weighted by molar-refractivity contribution is 0.108. The van der Waals surface area contributed by atoms with Gasteiger partial charge >= 0.3 is 0 Å². The number of aromatic nitrogens is 1. The fourth-order valence-corrected chi connectivity index (χ4v) is 4.51. The van der Waals surface area contributed by atoms with Crippen LogP contribution < -0.4 is 0 Å². The third-order valence-corrected chi connectivity index (χ3v) is 5.77. The molecule has 16 heavy (non-hydrogen) atoms. The minimum Gasteiger partial charge on any atom is -0.392 e. The second-order valence-electron chi connectivity index (χ2n) is 3.86. The van der Waals surface area contributed by atoms with Crippen LogP contribution in [0.2, 0.25) is 0 Å². The van der Waals surface area contributed by atoms with Gasteiger partial charge in [0.05, 0.1) is 17.3 Å². The summed E-state index contributed by atoms with van der Waals surface area (Å²) in [5, 5.41) is 10.2. The van der Waals surface area contributed by atoms with Crippen molar-refractivity contribution in [3.8, 4) is 0 Å². The van der Waals surface area contributed by atoms with Gasteiger partial charge in [-0.3, -0.25) is 0 Å². The highest BCUT2D eigenvalue weighted by atomic mass is 32.2. The Kier molecular flexibility index (Phi) is 3.29. The highest BCUT2D eigenvalue weighted by Crippen LogP contribution is 2.24. The van der Waals surface area contributed by atoms with E-state index in [1.807, 2.05) is 0 Å². The molecule has 5 nitrogen and oxygen atoms in total.